The third kappa shape index (κ3) is 6.62. The van der Waals surface area contributed by atoms with Gasteiger partial charge >= 0.3 is 88.7 Å². The molecule has 0 unspecified atom stereocenters. The van der Waals surface area contributed by atoms with Crippen LogP contribution in [0.2, 0.25) is 0 Å². The standard InChI is InChI=1S/C18H14N2O11S3.3Na/c19-20-16(21)7-31-12-5-13(32(22,23)24)9-3-4-11-15(34(28,29)30)6-14(33(25,26)27)10-2-1-8(12)17(9)18(10)11;;;/h1-6H,7,19H2,(H,20,21)(H,22,23,24)(H,25,26,27)(H,28,29,30);;;/q;3*+1/p-3. The third-order valence-electron chi connectivity index (χ3n) is 5.07. The molecule has 1 amide bonds. The van der Waals surface area contributed by atoms with E-state index in [-0.39, 0.29) is 127 Å². The zero-order valence-electron chi connectivity index (χ0n) is 19.5. The van der Waals surface area contributed by atoms with E-state index in [1.54, 1.807) is 5.43 Å². The van der Waals surface area contributed by atoms with Crippen molar-refractivity contribution in [3.8, 4) is 5.75 Å². The van der Waals surface area contributed by atoms with E-state index in [0.717, 1.165) is 24.3 Å². The molecule has 4 aromatic rings. The first kappa shape index (κ1) is 34.9. The molecule has 13 nitrogen and oxygen atoms in total. The van der Waals surface area contributed by atoms with Crippen LogP contribution in [0.1, 0.15) is 0 Å². The van der Waals surface area contributed by atoms with Crippen LogP contribution in [-0.4, -0.2) is 51.4 Å². The van der Waals surface area contributed by atoms with Crippen molar-refractivity contribution >= 4 is 68.6 Å². The maximum absolute atomic E-state index is 12.0. The Bertz CT molecular complexity index is 1790. The summed E-state index contributed by atoms with van der Waals surface area (Å²) in [4.78, 5) is 8.59. The molecule has 3 N–H and O–H groups in total. The molecule has 0 aliphatic heterocycles. The Labute approximate surface area is 276 Å². The fourth-order valence-corrected chi connectivity index (χ4v) is 5.96. The van der Waals surface area contributed by atoms with E-state index in [4.69, 9.17) is 10.6 Å². The Morgan fingerprint density at radius 1 is 0.703 bits per heavy atom. The predicted octanol–water partition coefficient (Wildman–Crippen LogP) is -9.32. The third-order valence-corrected chi connectivity index (χ3v) is 7.70. The van der Waals surface area contributed by atoms with Crippen LogP contribution in [0.4, 0.5) is 0 Å². The fourth-order valence-electron chi connectivity index (χ4n) is 3.79. The van der Waals surface area contributed by atoms with E-state index in [9.17, 15) is 43.7 Å². The van der Waals surface area contributed by atoms with Gasteiger partial charge in [0.1, 0.15) is 36.1 Å². The van der Waals surface area contributed by atoms with Crippen molar-refractivity contribution in [1.82, 2.24) is 5.43 Å². The summed E-state index contributed by atoms with van der Waals surface area (Å²) < 4.78 is 113. The smallest absolute Gasteiger partial charge is 0.744 e. The number of hydrogen-bond acceptors (Lipinski definition) is 12. The zero-order valence-corrected chi connectivity index (χ0v) is 27.9. The Morgan fingerprint density at radius 3 is 1.43 bits per heavy atom. The fraction of sp³-hybridized carbons (Fsp3) is 0.0556. The van der Waals surface area contributed by atoms with Gasteiger partial charge in [-0.3, -0.25) is 10.2 Å². The first-order chi connectivity index (χ1) is 15.6. The quantitative estimate of drug-likeness (QED) is 0.0527. The van der Waals surface area contributed by atoms with Crippen molar-refractivity contribution in [1.29, 1.82) is 0 Å². The van der Waals surface area contributed by atoms with E-state index < -0.39 is 57.6 Å². The van der Waals surface area contributed by atoms with Gasteiger partial charge in [-0.25, -0.2) is 31.1 Å². The molecule has 0 heterocycles. The molecular weight excluding hydrogens is 585 g/mol. The van der Waals surface area contributed by atoms with Crippen LogP contribution >= 0.6 is 0 Å². The Morgan fingerprint density at radius 2 is 1.05 bits per heavy atom. The van der Waals surface area contributed by atoms with Crippen LogP contribution in [0.15, 0.2) is 51.1 Å². The van der Waals surface area contributed by atoms with E-state index in [1.807, 2.05) is 0 Å². The average molecular weight is 596 g/mol. The van der Waals surface area contributed by atoms with Gasteiger partial charge in [0.05, 0.1) is 14.7 Å². The van der Waals surface area contributed by atoms with Crippen molar-refractivity contribution in [3.05, 3.63) is 36.4 Å². The van der Waals surface area contributed by atoms with E-state index in [2.05, 4.69) is 0 Å². The van der Waals surface area contributed by atoms with Crippen LogP contribution in [0, 0.1) is 0 Å². The second kappa shape index (κ2) is 12.2. The molecule has 0 aromatic heterocycles. The van der Waals surface area contributed by atoms with Gasteiger partial charge in [0.25, 0.3) is 5.91 Å². The number of carbonyl (C=O) groups excluding carboxylic acids is 1. The SMILES string of the molecule is NNC(=O)COc1cc(S(=O)(=O)[O-])c2ccc3c(S(=O)(=O)[O-])cc(S(=O)(=O)[O-])c4ccc1c2c43.[Na+].[Na+].[Na+]. The molecule has 4 rings (SSSR count). The van der Waals surface area contributed by atoms with Crippen LogP contribution in [0.3, 0.4) is 0 Å². The monoisotopic (exact) mass is 596 g/mol. The van der Waals surface area contributed by atoms with Crippen molar-refractivity contribution < 1.29 is 137 Å². The topological polar surface area (TPSA) is 236 Å². The van der Waals surface area contributed by atoms with Crippen molar-refractivity contribution in [2.45, 2.75) is 14.7 Å². The van der Waals surface area contributed by atoms with Gasteiger partial charge in [0.2, 0.25) is 0 Å². The van der Waals surface area contributed by atoms with Gasteiger partial charge in [0.15, 0.2) is 6.61 Å². The molecular formula is C18H11N2Na3O11S3. The molecule has 0 aliphatic rings. The van der Waals surface area contributed by atoms with Gasteiger partial charge in [-0.2, -0.15) is 0 Å². The minimum absolute atomic E-state index is 0. The van der Waals surface area contributed by atoms with Crippen molar-refractivity contribution in [2.24, 2.45) is 5.84 Å². The average Bonchev–Trinajstić information content (AvgIpc) is 2.72. The van der Waals surface area contributed by atoms with Crippen LogP contribution in [0.25, 0.3) is 32.3 Å². The number of nitrogens with two attached hydrogens (primary N) is 1. The minimum Gasteiger partial charge on any atom is -0.744 e. The number of rotatable bonds is 6. The molecule has 0 saturated carbocycles. The molecule has 0 aliphatic carbocycles. The summed E-state index contributed by atoms with van der Waals surface area (Å²) in [5.41, 5.74) is 1.78. The molecule has 180 valence electrons. The number of amides is 1. The van der Waals surface area contributed by atoms with Crippen LogP contribution in [0.5, 0.6) is 5.75 Å². The Hall–Kier alpha value is -0.120. The van der Waals surface area contributed by atoms with Gasteiger partial charge in [0, 0.05) is 32.3 Å². The Balaban J connectivity index is 0.00000228. The Kier molecular flexibility index (Phi) is 11.5. The maximum atomic E-state index is 12.0. The molecule has 0 saturated heterocycles. The van der Waals surface area contributed by atoms with Crippen LogP contribution in [-0.2, 0) is 35.1 Å². The molecule has 0 atom stereocenters. The van der Waals surface area contributed by atoms with E-state index >= 15 is 0 Å². The summed E-state index contributed by atoms with van der Waals surface area (Å²) in [6.45, 7) is -0.709. The number of hydrazine groups is 1. The molecule has 0 radical (unpaired) electrons. The number of hydrogen-bond donors (Lipinski definition) is 2. The number of benzene rings is 4. The second-order valence-electron chi connectivity index (χ2n) is 7.04. The molecule has 4 aromatic carbocycles. The zero-order chi connectivity index (χ0) is 25.2. The maximum Gasteiger partial charge on any atom is 1.00 e. The summed E-state index contributed by atoms with van der Waals surface area (Å²) in [6.07, 6.45) is 0. The normalized spacial score (nSPS) is 12.0. The summed E-state index contributed by atoms with van der Waals surface area (Å²) in [6, 6.07) is 5.70. The number of ether oxygens (including phenoxy) is 1. The summed E-state index contributed by atoms with van der Waals surface area (Å²) in [5, 5.41) is -1.32. The first-order valence-corrected chi connectivity index (χ1v) is 13.2. The molecule has 0 spiro atoms. The number of carbonyl (C=O) groups is 1. The molecule has 37 heavy (non-hydrogen) atoms. The predicted molar refractivity (Wildman–Crippen MR) is 112 cm³/mol. The molecule has 0 fully saturated rings. The number of nitrogens with one attached hydrogen (secondary N) is 1. The minimum atomic E-state index is -5.32. The first-order valence-electron chi connectivity index (χ1n) is 8.93. The van der Waals surface area contributed by atoms with Crippen LogP contribution < -0.4 is 105 Å². The summed E-state index contributed by atoms with van der Waals surface area (Å²) >= 11 is 0. The van der Waals surface area contributed by atoms with Gasteiger partial charge in [-0.05, 0) is 18.2 Å². The van der Waals surface area contributed by atoms with Crippen molar-refractivity contribution in [2.75, 3.05) is 6.61 Å². The van der Waals surface area contributed by atoms with Crippen molar-refractivity contribution in [3.63, 3.8) is 0 Å². The van der Waals surface area contributed by atoms with Gasteiger partial charge < -0.3 is 18.4 Å². The van der Waals surface area contributed by atoms with Gasteiger partial charge in [-0.15, -0.1) is 0 Å². The summed E-state index contributed by atoms with van der Waals surface area (Å²) in [7, 11) is -15.8. The largest absolute Gasteiger partial charge is 1.00 e. The summed E-state index contributed by atoms with van der Waals surface area (Å²) in [5.74, 6) is 3.84. The molecule has 19 heteroatoms. The second-order valence-corrected chi connectivity index (χ2v) is 11.1. The molecule has 0 bridgehead atoms. The van der Waals surface area contributed by atoms with E-state index in [0.29, 0.717) is 6.07 Å². The van der Waals surface area contributed by atoms with E-state index in [1.165, 1.54) is 6.07 Å². The van der Waals surface area contributed by atoms with Gasteiger partial charge in [-0.1, -0.05) is 18.2 Å².